The van der Waals surface area contributed by atoms with Crippen molar-refractivity contribution in [3.05, 3.63) is 0 Å². The van der Waals surface area contributed by atoms with Crippen molar-refractivity contribution in [1.82, 2.24) is 0 Å². The molecule has 0 saturated carbocycles. The number of hydrogen-bond donors (Lipinski definition) is 0. The van der Waals surface area contributed by atoms with Gasteiger partial charge in [0.15, 0.2) is 0 Å². The van der Waals surface area contributed by atoms with Crippen molar-refractivity contribution < 1.29 is 19.3 Å². The van der Waals surface area contributed by atoms with E-state index in [2.05, 4.69) is 25.7 Å². The van der Waals surface area contributed by atoms with E-state index in [9.17, 15) is 4.79 Å². The van der Waals surface area contributed by atoms with Crippen molar-refractivity contribution in [2.24, 2.45) is 5.41 Å². The van der Waals surface area contributed by atoms with Gasteiger partial charge in [-0.05, 0) is 32.6 Å². The first-order chi connectivity index (χ1) is 7.04. The first-order valence-electron chi connectivity index (χ1n) is 5.58. The number of esters is 1. The Labute approximate surface area is 97.2 Å². The minimum atomic E-state index is -0.921. The molecule has 0 N–H and O–H groups in total. The van der Waals surface area contributed by atoms with Crippen LogP contribution in [0.25, 0.3) is 0 Å². The maximum absolute atomic E-state index is 11.8. The van der Waals surface area contributed by atoms with Gasteiger partial charge in [-0.3, -0.25) is 0 Å². The second-order valence-corrected chi connectivity index (χ2v) is 6.46. The fourth-order valence-electron chi connectivity index (χ4n) is 2.00. The Kier molecular flexibility index (Phi) is 3.37. The Morgan fingerprint density at radius 3 is 2.12 bits per heavy atom. The van der Waals surface area contributed by atoms with Crippen molar-refractivity contribution >= 4 is 5.97 Å². The molecule has 0 amide bonds. The highest BCUT2D eigenvalue weighted by molar-refractivity contribution is 5.80. The van der Waals surface area contributed by atoms with Crippen LogP contribution in [0.5, 0.6) is 0 Å². The van der Waals surface area contributed by atoms with E-state index in [0.29, 0.717) is 0 Å². The van der Waals surface area contributed by atoms with Crippen LogP contribution in [0.15, 0.2) is 0 Å². The predicted octanol–water partition coefficient (Wildman–Crippen LogP) is 2.46. The van der Waals surface area contributed by atoms with E-state index in [1.165, 1.54) is 0 Å². The molecule has 1 saturated heterocycles. The summed E-state index contributed by atoms with van der Waals surface area (Å²) in [6, 6.07) is 0. The van der Waals surface area contributed by atoms with Gasteiger partial charge in [-0.1, -0.05) is 20.8 Å². The summed E-state index contributed by atoms with van der Waals surface area (Å²) in [6.45, 7) is 12.1. The first kappa shape index (κ1) is 13.5. The third-order valence-corrected chi connectivity index (χ3v) is 2.33. The molecule has 1 atom stereocenters. The minimum Gasteiger partial charge on any atom is -0.457 e. The topological polar surface area (TPSA) is 44.8 Å². The lowest BCUT2D eigenvalue weighted by molar-refractivity contribution is -0.454. The molecule has 1 fully saturated rings. The van der Waals surface area contributed by atoms with E-state index in [-0.39, 0.29) is 18.0 Å². The van der Waals surface area contributed by atoms with Gasteiger partial charge in [0.1, 0.15) is 12.2 Å². The summed E-state index contributed by atoms with van der Waals surface area (Å²) in [6.07, 6.45) is 0.794. The van der Waals surface area contributed by atoms with Crippen LogP contribution in [0.3, 0.4) is 0 Å². The normalized spacial score (nSPS) is 26.1. The standard InChI is InChI=1S/C12H22O4/c1-10(2,3)7-11(4,5)15-9(13)12(6)8-14-16-12/h7-8H2,1-6H3. The molecule has 0 spiro atoms. The van der Waals surface area contributed by atoms with E-state index >= 15 is 0 Å². The summed E-state index contributed by atoms with van der Waals surface area (Å²) >= 11 is 0. The maximum atomic E-state index is 11.8. The average molecular weight is 230 g/mol. The highest BCUT2D eigenvalue weighted by Gasteiger charge is 2.48. The second-order valence-electron chi connectivity index (χ2n) is 6.46. The lowest BCUT2D eigenvalue weighted by Gasteiger charge is -2.38. The van der Waals surface area contributed by atoms with Gasteiger partial charge in [0.25, 0.3) is 0 Å². The molecule has 1 unspecified atom stereocenters. The molecular weight excluding hydrogens is 208 g/mol. The summed E-state index contributed by atoms with van der Waals surface area (Å²) in [4.78, 5) is 21.2. The molecule has 0 aromatic heterocycles. The van der Waals surface area contributed by atoms with Crippen molar-refractivity contribution in [3.8, 4) is 0 Å². The van der Waals surface area contributed by atoms with Crippen LogP contribution in [-0.4, -0.2) is 23.8 Å². The van der Waals surface area contributed by atoms with Gasteiger partial charge in [-0.2, -0.15) is 0 Å². The van der Waals surface area contributed by atoms with Crippen LogP contribution in [0.1, 0.15) is 48.0 Å². The average Bonchev–Trinajstić information content (AvgIpc) is 1.93. The van der Waals surface area contributed by atoms with E-state index in [1.54, 1.807) is 6.92 Å². The SMILES string of the molecule is CC(C)(C)CC(C)(C)OC(=O)C1(C)COO1. The quantitative estimate of drug-likeness (QED) is 0.552. The van der Waals surface area contributed by atoms with Crippen molar-refractivity contribution in [2.45, 2.75) is 59.2 Å². The van der Waals surface area contributed by atoms with Crippen LogP contribution < -0.4 is 0 Å². The Morgan fingerprint density at radius 2 is 1.81 bits per heavy atom. The fraction of sp³-hybridized carbons (Fsp3) is 0.917. The highest BCUT2D eigenvalue weighted by atomic mass is 17.2. The molecule has 0 radical (unpaired) electrons. The molecule has 94 valence electrons. The van der Waals surface area contributed by atoms with E-state index in [4.69, 9.17) is 9.62 Å². The Balaban J connectivity index is 2.55. The largest absolute Gasteiger partial charge is 0.457 e. The lowest BCUT2D eigenvalue weighted by atomic mass is 9.83. The van der Waals surface area contributed by atoms with Crippen LogP contribution in [0, 0.1) is 5.41 Å². The van der Waals surface area contributed by atoms with Gasteiger partial charge in [-0.25, -0.2) is 14.6 Å². The smallest absolute Gasteiger partial charge is 0.344 e. The molecule has 4 nitrogen and oxygen atoms in total. The molecule has 16 heavy (non-hydrogen) atoms. The van der Waals surface area contributed by atoms with E-state index in [1.807, 2.05) is 13.8 Å². The Hall–Kier alpha value is -0.610. The molecule has 4 heteroatoms. The van der Waals surface area contributed by atoms with E-state index < -0.39 is 11.2 Å². The molecule has 1 aliphatic heterocycles. The number of hydrogen-bond acceptors (Lipinski definition) is 4. The van der Waals surface area contributed by atoms with Crippen LogP contribution in [-0.2, 0) is 19.3 Å². The predicted molar refractivity (Wildman–Crippen MR) is 59.7 cm³/mol. The highest BCUT2D eigenvalue weighted by Crippen LogP contribution is 2.32. The number of ether oxygens (including phenoxy) is 1. The summed E-state index contributed by atoms with van der Waals surface area (Å²) in [7, 11) is 0. The van der Waals surface area contributed by atoms with Crippen LogP contribution in [0.2, 0.25) is 0 Å². The molecule has 0 bridgehead atoms. The monoisotopic (exact) mass is 230 g/mol. The number of rotatable bonds is 3. The second kappa shape index (κ2) is 4.00. The minimum absolute atomic E-state index is 0.113. The molecule has 0 aromatic rings. The third-order valence-electron chi connectivity index (χ3n) is 2.33. The Bertz CT molecular complexity index is 271. The van der Waals surface area contributed by atoms with Gasteiger partial charge < -0.3 is 4.74 Å². The summed E-state index contributed by atoms with van der Waals surface area (Å²) in [5.74, 6) is -0.354. The van der Waals surface area contributed by atoms with Gasteiger partial charge in [-0.15, -0.1) is 0 Å². The molecule has 1 heterocycles. The summed E-state index contributed by atoms with van der Waals surface area (Å²) in [5, 5.41) is 0. The van der Waals surface area contributed by atoms with Crippen molar-refractivity contribution in [1.29, 1.82) is 0 Å². The number of carbonyl (C=O) groups is 1. The zero-order chi connectivity index (χ0) is 12.6. The van der Waals surface area contributed by atoms with Gasteiger partial charge in [0.2, 0.25) is 5.60 Å². The molecule has 1 aliphatic rings. The molecule has 1 rings (SSSR count). The Morgan fingerprint density at radius 1 is 1.31 bits per heavy atom. The van der Waals surface area contributed by atoms with Gasteiger partial charge in [0.05, 0.1) is 0 Å². The summed E-state index contributed by atoms with van der Waals surface area (Å²) in [5.41, 5.74) is -1.30. The molecular formula is C12H22O4. The zero-order valence-electron chi connectivity index (χ0n) is 11.0. The van der Waals surface area contributed by atoms with Gasteiger partial charge >= 0.3 is 5.97 Å². The van der Waals surface area contributed by atoms with Crippen LogP contribution in [0.4, 0.5) is 0 Å². The summed E-state index contributed by atoms with van der Waals surface area (Å²) < 4.78 is 5.48. The molecule has 0 aromatic carbocycles. The van der Waals surface area contributed by atoms with Crippen molar-refractivity contribution in [3.63, 3.8) is 0 Å². The third kappa shape index (κ3) is 3.46. The lowest BCUT2D eigenvalue weighted by Crippen LogP contribution is -2.54. The maximum Gasteiger partial charge on any atom is 0.344 e. The first-order valence-corrected chi connectivity index (χ1v) is 5.58. The fourth-order valence-corrected chi connectivity index (χ4v) is 2.00. The van der Waals surface area contributed by atoms with Crippen molar-refractivity contribution in [2.75, 3.05) is 6.61 Å². The van der Waals surface area contributed by atoms with Crippen LogP contribution >= 0.6 is 0 Å². The number of carbonyl (C=O) groups excluding carboxylic acids is 1. The van der Waals surface area contributed by atoms with E-state index in [0.717, 1.165) is 6.42 Å². The zero-order valence-corrected chi connectivity index (χ0v) is 11.0. The molecule has 0 aliphatic carbocycles. The van der Waals surface area contributed by atoms with Gasteiger partial charge in [0, 0.05) is 0 Å².